The number of amides is 1. The number of benzene rings is 1. The highest BCUT2D eigenvalue weighted by Gasteiger charge is 2.28. The lowest BCUT2D eigenvalue weighted by atomic mass is 9.78. The molecule has 1 N–H and O–H groups in total. The van der Waals surface area contributed by atoms with Gasteiger partial charge in [-0.25, -0.2) is 0 Å². The number of nitrogens with one attached hydrogen (secondary N) is 1. The van der Waals surface area contributed by atoms with Crippen LogP contribution in [0, 0.1) is 25.7 Å². The summed E-state index contributed by atoms with van der Waals surface area (Å²) in [5, 5.41) is 7.13. The van der Waals surface area contributed by atoms with Gasteiger partial charge in [-0.15, -0.1) is 0 Å². The van der Waals surface area contributed by atoms with Crippen LogP contribution in [-0.2, 0) is 6.61 Å². The van der Waals surface area contributed by atoms with E-state index in [1.54, 1.807) is 0 Å². The van der Waals surface area contributed by atoms with Crippen molar-refractivity contribution in [2.24, 2.45) is 11.8 Å². The van der Waals surface area contributed by atoms with Gasteiger partial charge in [0.25, 0.3) is 5.91 Å². The number of hydrogen-bond donors (Lipinski definition) is 1. The van der Waals surface area contributed by atoms with E-state index in [0.717, 1.165) is 29.2 Å². The molecule has 1 heterocycles. The highest BCUT2D eigenvalue weighted by atomic mass is 16.5. The highest BCUT2D eigenvalue weighted by Crippen LogP contribution is 2.29. The molecule has 1 aliphatic rings. The summed E-state index contributed by atoms with van der Waals surface area (Å²) >= 11 is 0. The van der Waals surface area contributed by atoms with Gasteiger partial charge in [-0.05, 0) is 56.4 Å². The number of rotatable bonds is 5. The maximum absolute atomic E-state index is 12.5. The van der Waals surface area contributed by atoms with E-state index in [9.17, 15) is 4.79 Å². The second-order valence-electron chi connectivity index (χ2n) is 7.46. The van der Waals surface area contributed by atoms with Gasteiger partial charge in [-0.1, -0.05) is 31.8 Å². The predicted octanol–water partition coefficient (Wildman–Crippen LogP) is 4.42. The number of carbonyl (C=O) groups excluding carboxylic acids is 1. The maximum atomic E-state index is 12.5. The molecule has 5 heteroatoms. The molecule has 1 saturated carbocycles. The molecule has 1 fully saturated rings. The third kappa shape index (κ3) is 4.09. The number of hydrogen-bond acceptors (Lipinski definition) is 4. The minimum absolute atomic E-state index is 0.00627. The van der Waals surface area contributed by atoms with E-state index in [2.05, 4.69) is 24.3 Å². The molecule has 3 rings (SSSR count). The van der Waals surface area contributed by atoms with Crippen LogP contribution in [0.1, 0.15) is 60.5 Å². The van der Waals surface area contributed by atoms with Gasteiger partial charge in [0, 0.05) is 11.6 Å². The van der Waals surface area contributed by atoms with E-state index in [0.29, 0.717) is 24.0 Å². The van der Waals surface area contributed by atoms with Crippen LogP contribution in [0.2, 0.25) is 0 Å². The smallest absolute Gasteiger partial charge is 0.251 e. The average Bonchev–Trinajstić information content (AvgIpc) is 2.95. The van der Waals surface area contributed by atoms with Gasteiger partial charge in [0.05, 0.1) is 11.3 Å². The lowest BCUT2D eigenvalue weighted by Crippen LogP contribution is -2.43. The van der Waals surface area contributed by atoms with E-state index in [4.69, 9.17) is 9.26 Å². The molecule has 0 saturated heterocycles. The summed E-state index contributed by atoms with van der Waals surface area (Å²) in [6.45, 7) is 8.69. The second-order valence-corrected chi connectivity index (χ2v) is 7.46. The molecule has 2 aromatic rings. The molecule has 26 heavy (non-hydrogen) atoms. The summed E-state index contributed by atoms with van der Waals surface area (Å²) in [5.74, 6) is 2.67. The largest absolute Gasteiger partial charge is 0.489 e. The number of aryl methyl sites for hydroxylation is 2. The molecule has 0 unspecified atom stereocenters. The molecule has 0 bridgehead atoms. The van der Waals surface area contributed by atoms with Gasteiger partial charge >= 0.3 is 0 Å². The monoisotopic (exact) mass is 356 g/mol. The normalized spacial score (nSPS) is 22.8. The summed E-state index contributed by atoms with van der Waals surface area (Å²) < 4.78 is 10.9. The molecule has 0 radical (unpaired) electrons. The standard InChI is InChI=1S/C21H28N2O3/c1-13-6-5-7-20(14(13)2)22-21(24)17-8-10-18(11-9-17)25-12-19-15(3)23-26-16(19)4/h8-11,13-14,20H,5-7,12H2,1-4H3,(H,22,24)/t13-,14-,20+/m1/s1. The Kier molecular flexibility index (Phi) is 5.64. The molecule has 1 aromatic heterocycles. The topological polar surface area (TPSA) is 64.4 Å². The van der Waals surface area contributed by atoms with Gasteiger partial charge in [0.15, 0.2) is 0 Å². The molecular weight excluding hydrogens is 328 g/mol. The fourth-order valence-corrected chi connectivity index (χ4v) is 3.60. The Morgan fingerprint density at radius 1 is 1.23 bits per heavy atom. The summed E-state index contributed by atoms with van der Waals surface area (Å²) in [4.78, 5) is 12.5. The van der Waals surface area contributed by atoms with Crippen molar-refractivity contribution in [1.82, 2.24) is 10.5 Å². The molecule has 1 aliphatic carbocycles. The van der Waals surface area contributed by atoms with Crippen LogP contribution in [0.5, 0.6) is 5.75 Å². The first-order valence-corrected chi connectivity index (χ1v) is 9.41. The quantitative estimate of drug-likeness (QED) is 0.861. The average molecular weight is 356 g/mol. The van der Waals surface area contributed by atoms with Crippen molar-refractivity contribution in [2.75, 3.05) is 0 Å². The summed E-state index contributed by atoms with van der Waals surface area (Å²) in [5.41, 5.74) is 2.47. The molecule has 0 aliphatic heterocycles. The van der Waals surface area contributed by atoms with E-state index in [1.807, 2.05) is 38.1 Å². The Bertz CT molecular complexity index is 732. The Morgan fingerprint density at radius 3 is 2.62 bits per heavy atom. The van der Waals surface area contributed by atoms with Gasteiger partial charge in [0.2, 0.25) is 0 Å². The first-order valence-electron chi connectivity index (χ1n) is 9.41. The number of carbonyl (C=O) groups is 1. The van der Waals surface area contributed by atoms with E-state index in [-0.39, 0.29) is 11.9 Å². The van der Waals surface area contributed by atoms with Gasteiger partial charge in [0.1, 0.15) is 18.1 Å². The zero-order chi connectivity index (χ0) is 18.7. The Balaban J connectivity index is 1.57. The van der Waals surface area contributed by atoms with Crippen LogP contribution >= 0.6 is 0 Å². The van der Waals surface area contributed by atoms with Crippen LogP contribution in [0.15, 0.2) is 28.8 Å². The van der Waals surface area contributed by atoms with Crippen molar-refractivity contribution in [3.05, 3.63) is 46.8 Å². The number of ether oxygens (including phenoxy) is 1. The lowest BCUT2D eigenvalue weighted by molar-refractivity contribution is 0.0891. The Labute approximate surface area is 155 Å². The van der Waals surface area contributed by atoms with Crippen LogP contribution in [0.4, 0.5) is 0 Å². The summed E-state index contributed by atoms with van der Waals surface area (Å²) in [6, 6.07) is 7.56. The SMILES string of the molecule is Cc1noc(C)c1COc1ccc(C(=O)N[C@H]2CCC[C@@H](C)[C@H]2C)cc1. The van der Waals surface area contributed by atoms with Crippen LogP contribution in [-0.4, -0.2) is 17.1 Å². The summed E-state index contributed by atoms with van der Waals surface area (Å²) in [6.07, 6.45) is 3.51. The van der Waals surface area contributed by atoms with E-state index < -0.39 is 0 Å². The summed E-state index contributed by atoms with van der Waals surface area (Å²) in [7, 11) is 0. The second kappa shape index (κ2) is 7.94. The van der Waals surface area contributed by atoms with Gasteiger partial charge in [-0.3, -0.25) is 4.79 Å². The number of nitrogens with zero attached hydrogens (tertiary/aromatic N) is 1. The molecule has 1 aromatic carbocycles. The van der Waals surface area contributed by atoms with Crippen molar-refractivity contribution in [3.63, 3.8) is 0 Å². The van der Waals surface area contributed by atoms with E-state index >= 15 is 0 Å². The zero-order valence-electron chi connectivity index (χ0n) is 16.0. The molecule has 5 nitrogen and oxygen atoms in total. The Morgan fingerprint density at radius 2 is 1.96 bits per heavy atom. The minimum atomic E-state index is -0.00627. The third-order valence-corrected chi connectivity index (χ3v) is 5.70. The van der Waals surface area contributed by atoms with Crippen molar-refractivity contribution < 1.29 is 14.1 Å². The van der Waals surface area contributed by atoms with Crippen LogP contribution in [0.3, 0.4) is 0 Å². The minimum Gasteiger partial charge on any atom is -0.489 e. The van der Waals surface area contributed by atoms with Crippen molar-refractivity contribution >= 4 is 5.91 Å². The van der Waals surface area contributed by atoms with Gasteiger partial charge in [-0.2, -0.15) is 0 Å². The Hall–Kier alpha value is -2.30. The van der Waals surface area contributed by atoms with Crippen LogP contribution in [0.25, 0.3) is 0 Å². The van der Waals surface area contributed by atoms with Gasteiger partial charge < -0.3 is 14.6 Å². The highest BCUT2D eigenvalue weighted by molar-refractivity contribution is 5.94. The molecule has 1 amide bonds. The first-order chi connectivity index (χ1) is 12.5. The number of aromatic nitrogens is 1. The molecule has 3 atom stereocenters. The van der Waals surface area contributed by atoms with Crippen LogP contribution < -0.4 is 10.1 Å². The fraction of sp³-hybridized carbons (Fsp3) is 0.524. The van der Waals surface area contributed by atoms with Crippen molar-refractivity contribution in [2.45, 2.75) is 59.6 Å². The molecule has 140 valence electrons. The van der Waals surface area contributed by atoms with E-state index in [1.165, 1.54) is 12.8 Å². The lowest BCUT2D eigenvalue weighted by Gasteiger charge is -2.34. The molecular formula is C21H28N2O3. The third-order valence-electron chi connectivity index (χ3n) is 5.70. The predicted molar refractivity (Wildman–Crippen MR) is 100 cm³/mol. The molecule has 0 spiro atoms. The zero-order valence-corrected chi connectivity index (χ0v) is 16.0. The maximum Gasteiger partial charge on any atom is 0.251 e. The van der Waals surface area contributed by atoms with Crippen molar-refractivity contribution in [1.29, 1.82) is 0 Å². The fourth-order valence-electron chi connectivity index (χ4n) is 3.60. The first kappa shape index (κ1) is 18.5. The van der Waals surface area contributed by atoms with Crippen molar-refractivity contribution in [3.8, 4) is 5.75 Å².